The Balaban J connectivity index is 2.09. The van der Waals surface area contributed by atoms with E-state index in [1.165, 1.54) is 35.5 Å². The second-order valence-corrected chi connectivity index (χ2v) is 4.08. The number of carbonyl (C=O) groups excluding carboxylic acids is 1. The molecule has 1 aromatic heterocycles. The minimum Gasteiger partial charge on any atom is -0.324 e. The van der Waals surface area contributed by atoms with Gasteiger partial charge in [-0.15, -0.1) is 0 Å². The van der Waals surface area contributed by atoms with Crippen molar-refractivity contribution in [1.82, 2.24) is 14.8 Å². The van der Waals surface area contributed by atoms with E-state index in [1.54, 1.807) is 6.92 Å². The molecule has 0 saturated carbocycles. The molecule has 1 amide bonds. The minimum atomic E-state index is -0.529. The molecule has 0 aliphatic carbocycles. The van der Waals surface area contributed by atoms with Crippen molar-refractivity contribution in [3.8, 4) is 0 Å². The van der Waals surface area contributed by atoms with Gasteiger partial charge in [0, 0.05) is 5.69 Å². The van der Waals surface area contributed by atoms with Crippen LogP contribution in [-0.4, -0.2) is 20.7 Å². The Morgan fingerprint density at radius 2 is 2.33 bits per heavy atom. The molecule has 0 fully saturated rings. The van der Waals surface area contributed by atoms with Crippen molar-refractivity contribution in [1.29, 1.82) is 0 Å². The Morgan fingerprint density at radius 3 is 2.94 bits per heavy atom. The second kappa shape index (κ2) is 5.14. The van der Waals surface area contributed by atoms with Crippen molar-refractivity contribution in [2.24, 2.45) is 0 Å². The molecule has 5 nitrogen and oxygen atoms in total. The largest absolute Gasteiger partial charge is 0.324 e. The predicted octanol–water partition coefficient (Wildman–Crippen LogP) is 2.27. The molecule has 7 heteroatoms. The zero-order chi connectivity index (χ0) is 13.1. The third kappa shape index (κ3) is 2.65. The monoisotopic (exact) mass is 268 g/mol. The van der Waals surface area contributed by atoms with Gasteiger partial charge in [0.2, 0.25) is 5.91 Å². The lowest BCUT2D eigenvalue weighted by Gasteiger charge is -2.12. The van der Waals surface area contributed by atoms with Gasteiger partial charge in [0.1, 0.15) is 24.5 Å². The van der Waals surface area contributed by atoms with Gasteiger partial charge in [-0.1, -0.05) is 11.6 Å². The van der Waals surface area contributed by atoms with E-state index in [1.807, 2.05) is 0 Å². The molecule has 1 heterocycles. The summed E-state index contributed by atoms with van der Waals surface area (Å²) in [7, 11) is 0. The number of anilines is 1. The van der Waals surface area contributed by atoms with Crippen molar-refractivity contribution in [3.63, 3.8) is 0 Å². The molecule has 2 aromatic rings. The van der Waals surface area contributed by atoms with E-state index in [0.717, 1.165) is 0 Å². The van der Waals surface area contributed by atoms with Gasteiger partial charge in [0.05, 0.1) is 5.02 Å². The van der Waals surface area contributed by atoms with Crippen molar-refractivity contribution in [2.75, 3.05) is 5.32 Å². The first kappa shape index (κ1) is 12.5. The first-order chi connectivity index (χ1) is 8.58. The zero-order valence-electron chi connectivity index (χ0n) is 9.47. The first-order valence-corrected chi connectivity index (χ1v) is 5.56. The Labute approximate surface area is 108 Å². The van der Waals surface area contributed by atoms with Crippen LogP contribution in [0.15, 0.2) is 30.9 Å². The smallest absolute Gasteiger partial charge is 0.249 e. The number of nitrogens with zero attached hydrogens (tertiary/aromatic N) is 3. The molecule has 0 aliphatic rings. The Kier molecular flexibility index (Phi) is 3.57. The lowest BCUT2D eigenvalue weighted by molar-refractivity contribution is -0.119. The Morgan fingerprint density at radius 1 is 1.56 bits per heavy atom. The highest BCUT2D eigenvalue weighted by Crippen LogP contribution is 2.20. The highest BCUT2D eigenvalue weighted by Gasteiger charge is 2.15. The Bertz CT molecular complexity index is 558. The SMILES string of the molecule is C[C@H](C(=O)Nc1ccc(F)c(Cl)c1)n1cncn1. The number of hydrogen-bond acceptors (Lipinski definition) is 3. The van der Waals surface area contributed by atoms with Crippen molar-refractivity contribution < 1.29 is 9.18 Å². The zero-order valence-corrected chi connectivity index (χ0v) is 10.2. The van der Waals surface area contributed by atoms with Gasteiger partial charge in [-0.25, -0.2) is 14.1 Å². The third-order valence-corrected chi connectivity index (χ3v) is 2.69. The summed E-state index contributed by atoms with van der Waals surface area (Å²) in [6.45, 7) is 1.68. The van der Waals surface area contributed by atoms with E-state index >= 15 is 0 Å². The van der Waals surface area contributed by atoms with Crippen LogP contribution in [0.4, 0.5) is 10.1 Å². The summed E-state index contributed by atoms with van der Waals surface area (Å²) in [6.07, 6.45) is 2.79. The highest BCUT2D eigenvalue weighted by atomic mass is 35.5. The molecule has 1 atom stereocenters. The van der Waals surface area contributed by atoms with Gasteiger partial charge in [0.15, 0.2) is 0 Å². The normalized spacial score (nSPS) is 12.2. The quantitative estimate of drug-likeness (QED) is 0.929. The molecule has 2 rings (SSSR count). The van der Waals surface area contributed by atoms with Gasteiger partial charge in [0.25, 0.3) is 0 Å². The molecule has 0 saturated heterocycles. The molecule has 94 valence electrons. The lowest BCUT2D eigenvalue weighted by atomic mass is 10.2. The molecule has 18 heavy (non-hydrogen) atoms. The van der Waals surface area contributed by atoms with Gasteiger partial charge in [-0.05, 0) is 25.1 Å². The van der Waals surface area contributed by atoms with E-state index < -0.39 is 11.9 Å². The summed E-state index contributed by atoms with van der Waals surface area (Å²) in [5.74, 6) is -0.817. The minimum absolute atomic E-state index is 0.0405. The molecule has 1 aromatic carbocycles. The molecule has 0 spiro atoms. The summed E-state index contributed by atoms with van der Waals surface area (Å²) in [5, 5.41) is 6.45. The average molecular weight is 269 g/mol. The van der Waals surface area contributed by atoms with Crippen LogP contribution in [-0.2, 0) is 4.79 Å². The number of aromatic nitrogens is 3. The molecular formula is C11H10ClFN4O. The molecule has 0 bridgehead atoms. The van der Waals surface area contributed by atoms with Crippen LogP contribution >= 0.6 is 11.6 Å². The van der Waals surface area contributed by atoms with Crippen molar-refractivity contribution in [2.45, 2.75) is 13.0 Å². The fourth-order valence-electron chi connectivity index (χ4n) is 1.36. The maximum absolute atomic E-state index is 13.0. The number of amides is 1. The number of nitrogens with one attached hydrogen (secondary N) is 1. The maximum atomic E-state index is 13.0. The highest BCUT2D eigenvalue weighted by molar-refractivity contribution is 6.31. The van der Waals surface area contributed by atoms with E-state index in [0.29, 0.717) is 5.69 Å². The number of carbonyl (C=O) groups is 1. The van der Waals surface area contributed by atoms with Crippen LogP contribution in [0, 0.1) is 5.82 Å². The fourth-order valence-corrected chi connectivity index (χ4v) is 1.54. The van der Waals surface area contributed by atoms with Crippen molar-refractivity contribution >= 4 is 23.2 Å². The number of hydrogen-bond donors (Lipinski definition) is 1. The summed E-state index contributed by atoms with van der Waals surface area (Å²) in [4.78, 5) is 15.6. The van der Waals surface area contributed by atoms with Gasteiger partial charge in [-0.2, -0.15) is 5.10 Å². The number of rotatable bonds is 3. The van der Waals surface area contributed by atoms with Gasteiger partial charge >= 0.3 is 0 Å². The lowest BCUT2D eigenvalue weighted by Crippen LogP contribution is -2.24. The predicted molar refractivity (Wildman–Crippen MR) is 64.8 cm³/mol. The van der Waals surface area contributed by atoms with Crippen LogP contribution in [0.3, 0.4) is 0 Å². The molecule has 1 N–H and O–H groups in total. The summed E-state index contributed by atoms with van der Waals surface area (Å²) in [5.41, 5.74) is 0.429. The molecule has 0 aliphatic heterocycles. The number of benzene rings is 1. The summed E-state index contributed by atoms with van der Waals surface area (Å²) < 4.78 is 14.4. The molecule has 0 radical (unpaired) electrons. The van der Waals surface area contributed by atoms with Crippen LogP contribution in [0.5, 0.6) is 0 Å². The van der Waals surface area contributed by atoms with Crippen LogP contribution in [0.1, 0.15) is 13.0 Å². The van der Waals surface area contributed by atoms with Crippen LogP contribution < -0.4 is 5.32 Å². The summed E-state index contributed by atoms with van der Waals surface area (Å²) >= 11 is 5.62. The second-order valence-electron chi connectivity index (χ2n) is 3.67. The first-order valence-electron chi connectivity index (χ1n) is 5.18. The standard InChI is InChI=1S/C11H10ClFN4O/c1-7(17-6-14-5-15-17)11(18)16-8-2-3-10(13)9(12)4-8/h2-7H,1H3,(H,16,18)/t7-/m1/s1. The van der Waals surface area contributed by atoms with Crippen LogP contribution in [0.25, 0.3) is 0 Å². The molecule has 0 unspecified atom stereocenters. The van der Waals surface area contributed by atoms with E-state index in [-0.39, 0.29) is 10.9 Å². The average Bonchev–Trinajstić information content (AvgIpc) is 2.86. The summed E-state index contributed by atoms with van der Waals surface area (Å²) in [6, 6.07) is 3.46. The Hall–Kier alpha value is -1.95. The van der Waals surface area contributed by atoms with Crippen molar-refractivity contribution in [3.05, 3.63) is 41.7 Å². The fraction of sp³-hybridized carbons (Fsp3) is 0.182. The van der Waals surface area contributed by atoms with Crippen LogP contribution in [0.2, 0.25) is 5.02 Å². The maximum Gasteiger partial charge on any atom is 0.249 e. The van der Waals surface area contributed by atoms with E-state index in [2.05, 4.69) is 15.4 Å². The van der Waals surface area contributed by atoms with Gasteiger partial charge < -0.3 is 5.32 Å². The molecular weight excluding hydrogens is 259 g/mol. The van der Waals surface area contributed by atoms with Gasteiger partial charge in [-0.3, -0.25) is 4.79 Å². The topological polar surface area (TPSA) is 59.8 Å². The van der Waals surface area contributed by atoms with E-state index in [9.17, 15) is 9.18 Å². The number of halogens is 2. The third-order valence-electron chi connectivity index (χ3n) is 2.40. The van der Waals surface area contributed by atoms with E-state index in [4.69, 9.17) is 11.6 Å².